The minimum absolute atomic E-state index is 0.243. The van der Waals surface area contributed by atoms with Crippen LogP contribution < -0.4 is 4.74 Å². The number of aliphatic hydroxyl groups is 1. The van der Waals surface area contributed by atoms with E-state index in [2.05, 4.69) is 6.92 Å². The molecule has 0 bridgehead atoms. The van der Waals surface area contributed by atoms with Crippen molar-refractivity contribution < 1.29 is 14.2 Å². The molecule has 1 N–H and O–H groups in total. The van der Waals surface area contributed by atoms with Crippen LogP contribution in [0, 0.1) is 5.82 Å². The maximum absolute atomic E-state index is 13.9. The van der Waals surface area contributed by atoms with Crippen molar-refractivity contribution >= 4 is 0 Å². The van der Waals surface area contributed by atoms with Gasteiger partial charge in [0, 0.05) is 6.42 Å². The van der Waals surface area contributed by atoms with Gasteiger partial charge in [-0.05, 0) is 18.1 Å². The zero-order valence-corrected chi connectivity index (χ0v) is 12.0. The van der Waals surface area contributed by atoms with Crippen LogP contribution in [0.25, 0.3) is 0 Å². The van der Waals surface area contributed by atoms with Crippen LogP contribution in [-0.4, -0.2) is 18.3 Å². The molecular weight excluding hydrogens is 243 g/mol. The van der Waals surface area contributed by atoms with E-state index in [1.807, 2.05) is 0 Å². The molecule has 0 aliphatic heterocycles. The van der Waals surface area contributed by atoms with Crippen LogP contribution in [0.3, 0.4) is 0 Å². The first-order chi connectivity index (χ1) is 9.19. The lowest BCUT2D eigenvalue weighted by molar-refractivity contribution is 0.159. The lowest BCUT2D eigenvalue weighted by atomic mass is 10.0. The second kappa shape index (κ2) is 8.92. The first-order valence-corrected chi connectivity index (χ1v) is 7.18. The predicted molar refractivity (Wildman–Crippen MR) is 76.0 cm³/mol. The summed E-state index contributed by atoms with van der Waals surface area (Å²) in [6.07, 6.45) is 6.47. The highest BCUT2D eigenvalue weighted by Gasteiger charge is 2.12. The maximum atomic E-state index is 13.9. The molecule has 0 saturated carbocycles. The normalized spacial score (nSPS) is 12.4. The SMILES string of the molecule is CCCCCCCC(O)Cc1cccc(OC)c1F. The van der Waals surface area contributed by atoms with Crippen molar-refractivity contribution in [1.29, 1.82) is 0 Å². The van der Waals surface area contributed by atoms with Gasteiger partial charge in [0.05, 0.1) is 13.2 Å². The lowest BCUT2D eigenvalue weighted by Crippen LogP contribution is -2.11. The van der Waals surface area contributed by atoms with Crippen LogP contribution >= 0.6 is 0 Å². The van der Waals surface area contributed by atoms with Crippen LogP contribution in [0.15, 0.2) is 18.2 Å². The minimum Gasteiger partial charge on any atom is -0.494 e. The molecule has 1 aromatic rings. The van der Waals surface area contributed by atoms with Gasteiger partial charge in [-0.1, -0.05) is 51.2 Å². The van der Waals surface area contributed by atoms with Gasteiger partial charge < -0.3 is 9.84 Å². The third kappa shape index (κ3) is 5.60. The molecule has 0 aliphatic rings. The molecule has 2 nitrogen and oxygen atoms in total. The number of halogens is 1. The molecule has 1 atom stereocenters. The van der Waals surface area contributed by atoms with E-state index < -0.39 is 6.10 Å². The van der Waals surface area contributed by atoms with Crippen molar-refractivity contribution in [3.05, 3.63) is 29.6 Å². The van der Waals surface area contributed by atoms with Crippen molar-refractivity contribution in [2.24, 2.45) is 0 Å². The molecule has 1 aromatic carbocycles. The van der Waals surface area contributed by atoms with Crippen molar-refractivity contribution in [2.45, 2.75) is 58.0 Å². The zero-order valence-electron chi connectivity index (χ0n) is 12.0. The quantitative estimate of drug-likeness (QED) is 0.683. The fourth-order valence-electron chi connectivity index (χ4n) is 2.21. The van der Waals surface area contributed by atoms with E-state index in [1.54, 1.807) is 18.2 Å². The van der Waals surface area contributed by atoms with Gasteiger partial charge in [0.2, 0.25) is 0 Å². The van der Waals surface area contributed by atoms with Crippen molar-refractivity contribution in [1.82, 2.24) is 0 Å². The standard InChI is InChI=1S/C16H25FO2/c1-3-4-5-6-7-10-14(18)12-13-9-8-11-15(19-2)16(13)17/h8-9,11,14,18H,3-7,10,12H2,1-2H3. The molecule has 1 unspecified atom stereocenters. The summed E-state index contributed by atoms with van der Waals surface area (Å²) in [5.74, 6) is -0.109. The Kier molecular flexibility index (Phi) is 7.49. The van der Waals surface area contributed by atoms with Crippen LogP contribution in [-0.2, 0) is 6.42 Å². The van der Waals surface area contributed by atoms with Gasteiger partial charge >= 0.3 is 0 Å². The largest absolute Gasteiger partial charge is 0.494 e. The number of hydrogen-bond acceptors (Lipinski definition) is 2. The Morgan fingerprint density at radius 3 is 2.63 bits per heavy atom. The van der Waals surface area contributed by atoms with Crippen molar-refractivity contribution in [3.63, 3.8) is 0 Å². The van der Waals surface area contributed by atoms with E-state index in [-0.39, 0.29) is 11.6 Å². The highest BCUT2D eigenvalue weighted by atomic mass is 19.1. The highest BCUT2D eigenvalue weighted by molar-refractivity contribution is 5.31. The first kappa shape index (κ1) is 16.0. The molecule has 0 spiro atoms. The summed E-state index contributed by atoms with van der Waals surface area (Å²) in [5.41, 5.74) is 0.528. The number of unbranched alkanes of at least 4 members (excludes halogenated alkanes) is 4. The van der Waals surface area contributed by atoms with Gasteiger partial charge in [0.15, 0.2) is 11.6 Å². The third-order valence-electron chi connectivity index (χ3n) is 3.36. The zero-order chi connectivity index (χ0) is 14.1. The summed E-state index contributed by atoms with van der Waals surface area (Å²) in [4.78, 5) is 0. The average Bonchev–Trinajstić information content (AvgIpc) is 2.41. The summed E-state index contributed by atoms with van der Waals surface area (Å²) >= 11 is 0. The van der Waals surface area contributed by atoms with Gasteiger partial charge in [-0.25, -0.2) is 4.39 Å². The number of hydrogen-bond donors (Lipinski definition) is 1. The van der Waals surface area contributed by atoms with Crippen LogP contribution in [0.2, 0.25) is 0 Å². The highest BCUT2D eigenvalue weighted by Crippen LogP contribution is 2.22. The molecule has 1 rings (SSSR count). The molecule has 108 valence electrons. The van der Waals surface area contributed by atoms with Gasteiger partial charge in [-0.15, -0.1) is 0 Å². The summed E-state index contributed by atoms with van der Waals surface area (Å²) in [6.45, 7) is 2.18. The second-order valence-electron chi connectivity index (χ2n) is 4.99. The van der Waals surface area contributed by atoms with Crippen molar-refractivity contribution in [2.75, 3.05) is 7.11 Å². The summed E-state index contributed by atoms with van der Waals surface area (Å²) in [6, 6.07) is 5.05. The fourth-order valence-corrected chi connectivity index (χ4v) is 2.21. The van der Waals surface area contributed by atoms with Gasteiger partial charge in [0.1, 0.15) is 0 Å². The van der Waals surface area contributed by atoms with Gasteiger partial charge in [-0.3, -0.25) is 0 Å². The topological polar surface area (TPSA) is 29.5 Å². The van der Waals surface area contributed by atoms with E-state index in [1.165, 1.54) is 26.4 Å². The Bertz CT molecular complexity index is 366. The lowest BCUT2D eigenvalue weighted by Gasteiger charge is -2.12. The monoisotopic (exact) mass is 268 g/mol. The summed E-state index contributed by atoms with van der Waals surface area (Å²) in [7, 11) is 1.45. The van der Waals surface area contributed by atoms with Crippen LogP contribution in [0.1, 0.15) is 51.0 Å². The summed E-state index contributed by atoms with van der Waals surface area (Å²) < 4.78 is 18.8. The Labute approximate surface area is 115 Å². The Hall–Kier alpha value is -1.09. The maximum Gasteiger partial charge on any atom is 0.168 e. The molecule has 0 aliphatic carbocycles. The fraction of sp³-hybridized carbons (Fsp3) is 0.625. The number of methoxy groups -OCH3 is 1. The van der Waals surface area contributed by atoms with E-state index in [9.17, 15) is 9.50 Å². The molecule has 3 heteroatoms. The average molecular weight is 268 g/mol. The third-order valence-corrected chi connectivity index (χ3v) is 3.36. The van der Waals surface area contributed by atoms with Gasteiger partial charge in [0.25, 0.3) is 0 Å². The van der Waals surface area contributed by atoms with E-state index in [0.29, 0.717) is 12.0 Å². The Morgan fingerprint density at radius 2 is 1.95 bits per heavy atom. The number of ether oxygens (including phenoxy) is 1. The number of rotatable bonds is 9. The number of aliphatic hydroxyl groups excluding tert-OH is 1. The molecule has 0 heterocycles. The van der Waals surface area contributed by atoms with Crippen LogP contribution in [0.5, 0.6) is 5.75 Å². The molecule has 0 amide bonds. The molecule has 0 aromatic heterocycles. The molecule has 0 saturated heterocycles. The van der Waals surface area contributed by atoms with Crippen molar-refractivity contribution in [3.8, 4) is 5.75 Å². The molecule has 0 fully saturated rings. The second-order valence-corrected chi connectivity index (χ2v) is 4.99. The smallest absolute Gasteiger partial charge is 0.168 e. The Balaban J connectivity index is 2.37. The Morgan fingerprint density at radius 1 is 1.21 bits per heavy atom. The number of benzene rings is 1. The van der Waals surface area contributed by atoms with E-state index >= 15 is 0 Å². The van der Waals surface area contributed by atoms with Gasteiger partial charge in [-0.2, -0.15) is 0 Å². The van der Waals surface area contributed by atoms with E-state index in [0.717, 1.165) is 19.3 Å². The van der Waals surface area contributed by atoms with Crippen LogP contribution in [0.4, 0.5) is 4.39 Å². The molecule has 0 radical (unpaired) electrons. The first-order valence-electron chi connectivity index (χ1n) is 7.18. The molecule has 19 heavy (non-hydrogen) atoms. The predicted octanol–water partition coefficient (Wildman–Crippen LogP) is 4.10. The van der Waals surface area contributed by atoms with E-state index in [4.69, 9.17) is 4.74 Å². The minimum atomic E-state index is -0.469. The molecular formula is C16H25FO2. The summed E-state index contributed by atoms with van der Waals surface area (Å²) in [5, 5.41) is 9.94.